The summed E-state index contributed by atoms with van der Waals surface area (Å²) in [6, 6.07) is 1.10. The van der Waals surface area contributed by atoms with E-state index in [2.05, 4.69) is 21.8 Å². The predicted octanol–water partition coefficient (Wildman–Crippen LogP) is 4.38. The summed E-state index contributed by atoms with van der Waals surface area (Å²) in [5.74, 6) is 3.14. The minimum Gasteiger partial charge on any atom is -0.493 e. The van der Waals surface area contributed by atoms with E-state index >= 15 is 0 Å². The minimum absolute atomic E-state index is 0.0820. The van der Waals surface area contributed by atoms with Gasteiger partial charge >= 0.3 is 6.09 Å². The Morgan fingerprint density at radius 1 is 1.19 bits per heavy atom. The zero-order chi connectivity index (χ0) is 27.1. The van der Waals surface area contributed by atoms with E-state index < -0.39 is 28.9 Å². The number of fused-ring (bicyclic) bond motifs is 1. The number of amides is 1. The third-order valence-corrected chi connectivity index (χ3v) is 6.02. The van der Waals surface area contributed by atoms with E-state index in [-0.39, 0.29) is 34.1 Å². The lowest BCUT2D eigenvalue weighted by Crippen LogP contribution is -2.35. The van der Waals surface area contributed by atoms with Gasteiger partial charge in [0.15, 0.2) is 29.0 Å². The van der Waals surface area contributed by atoms with Gasteiger partial charge in [0.2, 0.25) is 0 Å². The lowest BCUT2D eigenvalue weighted by atomic mass is 10.1. The Morgan fingerprint density at radius 3 is 2.43 bits per heavy atom. The summed E-state index contributed by atoms with van der Waals surface area (Å²) in [6.07, 6.45) is 1.53. The molecule has 1 fully saturated rings. The van der Waals surface area contributed by atoms with Gasteiger partial charge in [0.1, 0.15) is 33.4 Å². The van der Waals surface area contributed by atoms with Crippen LogP contribution in [0.4, 0.5) is 19.4 Å². The predicted molar refractivity (Wildman–Crippen MR) is 133 cm³/mol. The van der Waals surface area contributed by atoms with E-state index in [1.165, 1.54) is 20.4 Å². The molecule has 1 aromatic carbocycles. The average molecular weight is 534 g/mol. The molecule has 0 unspecified atom stereocenters. The smallest absolute Gasteiger partial charge is 0.410 e. The van der Waals surface area contributed by atoms with Gasteiger partial charge in [-0.25, -0.2) is 23.5 Å². The van der Waals surface area contributed by atoms with Crippen LogP contribution >= 0.6 is 11.6 Å². The molecule has 1 atom stereocenters. The van der Waals surface area contributed by atoms with E-state index in [0.717, 1.165) is 6.07 Å². The third kappa shape index (κ3) is 5.06. The number of hydrogen-bond acceptors (Lipinski definition) is 7. The van der Waals surface area contributed by atoms with Gasteiger partial charge in [-0.2, -0.15) is 0 Å². The van der Waals surface area contributed by atoms with Crippen molar-refractivity contribution in [1.29, 1.82) is 0 Å². The first-order valence-corrected chi connectivity index (χ1v) is 11.7. The molecule has 12 heteroatoms. The van der Waals surface area contributed by atoms with Crippen LogP contribution < -0.4 is 15.2 Å². The number of nitrogens with two attached hydrogens (primary N) is 1. The molecule has 2 aromatic heterocycles. The molecule has 196 valence electrons. The van der Waals surface area contributed by atoms with Crippen molar-refractivity contribution in [2.24, 2.45) is 0 Å². The summed E-state index contributed by atoms with van der Waals surface area (Å²) in [4.78, 5) is 22.9. The normalized spacial score (nSPS) is 15.5. The molecule has 1 aliphatic rings. The number of benzene rings is 1. The number of rotatable bonds is 3. The third-order valence-electron chi connectivity index (χ3n) is 5.75. The van der Waals surface area contributed by atoms with Gasteiger partial charge in [0, 0.05) is 25.1 Å². The van der Waals surface area contributed by atoms with Gasteiger partial charge in [0.05, 0.1) is 20.4 Å². The molecule has 2 N–H and O–H groups in total. The van der Waals surface area contributed by atoms with Gasteiger partial charge in [-0.3, -0.25) is 4.40 Å². The summed E-state index contributed by atoms with van der Waals surface area (Å²) < 4.78 is 46.7. The summed E-state index contributed by atoms with van der Waals surface area (Å²) in [5.41, 5.74) is 5.37. The number of carbonyl (C=O) groups is 1. The van der Waals surface area contributed by atoms with Crippen LogP contribution in [0.5, 0.6) is 11.5 Å². The Bertz CT molecular complexity index is 1410. The number of nitrogen functional groups attached to an aromatic ring is 1. The highest BCUT2D eigenvalue weighted by atomic mass is 35.5. The number of nitrogens with zero attached hydrogens (tertiary/aromatic N) is 4. The lowest BCUT2D eigenvalue weighted by molar-refractivity contribution is 0.0292. The van der Waals surface area contributed by atoms with Gasteiger partial charge in [-0.15, -0.1) is 0 Å². The Labute approximate surface area is 217 Å². The Hall–Kier alpha value is -3.78. The van der Waals surface area contributed by atoms with Crippen LogP contribution in [0, 0.1) is 23.5 Å². The van der Waals surface area contributed by atoms with Crippen molar-refractivity contribution in [2.75, 3.05) is 33.0 Å². The fourth-order valence-corrected chi connectivity index (χ4v) is 4.29. The molecule has 37 heavy (non-hydrogen) atoms. The highest BCUT2D eigenvalue weighted by Gasteiger charge is 2.34. The van der Waals surface area contributed by atoms with Gasteiger partial charge < -0.3 is 24.8 Å². The molecular formula is C25H26ClF2N5O4. The largest absolute Gasteiger partial charge is 0.493 e. The van der Waals surface area contributed by atoms with Crippen molar-refractivity contribution < 1.29 is 27.8 Å². The van der Waals surface area contributed by atoms with Gasteiger partial charge in [-0.1, -0.05) is 17.5 Å². The zero-order valence-electron chi connectivity index (χ0n) is 21.0. The monoisotopic (exact) mass is 533 g/mol. The molecule has 0 spiro atoms. The second-order valence-electron chi connectivity index (χ2n) is 9.41. The van der Waals surface area contributed by atoms with Crippen molar-refractivity contribution >= 4 is 29.0 Å². The summed E-state index contributed by atoms with van der Waals surface area (Å²) in [6.45, 7) is 6.17. The SMILES string of the molecule is COc1cc(OC)c(F)c(C#Cc2nc([C@H]3CCN(C(=O)OC(C)(C)C)C3)n3c(Cl)cnc(N)c23)c1F. The average Bonchev–Trinajstić information content (AvgIpc) is 3.46. The second-order valence-corrected chi connectivity index (χ2v) is 9.80. The molecule has 1 amide bonds. The molecule has 3 aromatic rings. The molecule has 0 saturated carbocycles. The Kier molecular flexibility index (Phi) is 7.06. The summed E-state index contributed by atoms with van der Waals surface area (Å²) in [5, 5.41) is 0.218. The van der Waals surface area contributed by atoms with Gasteiger partial charge in [0.25, 0.3) is 0 Å². The molecule has 1 saturated heterocycles. The maximum Gasteiger partial charge on any atom is 0.410 e. The first-order valence-electron chi connectivity index (χ1n) is 11.4. The summed E-state index contributed by atoms with van der Waals surface area (Å²) >= 11 is 6.46. The fraction of sp³-hybridized carbons (Fsp3) is 0.400. The number of likely N-dealkylation sites (tertiary alicyclic amines) is 1. The molecular weight excluding hydrogens is 508 g/mol. The van der Waals surface area contributed by atoms with Crippen molar-refractivity contribution in [3.05, 3.63) is 46.1 Å². The first-order chi connectivity index (χ1) is 17.4. The van der Waals surface area contributed by atoms with Crippen LogP contribution in [0.1, 0.15) is 50.2 Å². The Morgan fingerprint density at radius 2 is 1.84 bits per heavy atom. The molecule has 0 aliphatic carbocycles. The molecule has 4 rings (SSSR count). The molecule has 3 heterocycles. The highest BCUT2D eigenvalue weighted by Crippen LogP contribution is 2.33. The number of hydrogen-bond donors (Lipinski definition) is 1. The highest BCUT2D eigenvalue weighted by molar-refractivity contribution is 6.29. The molecule has 9 nitrogen and oxygen atoms in total. The molecule has 1 aliphatic heterocycles. The summed E-state index contributed by atoms with van der Waals surface area (Å²) in [7, 11) is 2.50. The number of imidazole rings is 1. The van der Waals surface area contributed by atoms with Crippen molar-refractivity contribution in [3.8, 4) is 23.3 Å². The van der Waals surface area contributed by atoms with E-state index in [1.54, 1.807) is 30.1 Å². The number of anilines is 1. The van der Waals surface area contributed by atoms with Gasteiger partial charge in [-0.05, 0) is 33.1 Å². The minimum atomic E-state index is -0.982. The van der Waals surface area contributed by atoms with Crippen molar-refractivity contribution in [2.45, 2.75) is 38.7 Å². The maximum atomic E-state index is 14.8. The Balaban J connectivity index is 1.78. The van der Waals surface area contributed by atoms with E-state index in [1.807, 2.05) is 0 Å². The first kappa shape index (κ1) is 26.3. The number of methoxy groups -OCH3 is 2. The van der Waals surface area contributed by atoms with Crippen LogP contribution in [0.2, 0.25) is 5.15 Å². The molecule has 0 bridgehead atoms. The number of ether oxygens (including phenoxy) is 3. The topological polar surface area (TPSA) is 104 Å². The number of aromatic nitrogens is 3. The number of carbonyl (C=O) groups excluding carboxylic acids is 1. The lowest BCUT2D eigenvalue weighted by Gasteiger charge is -2.24. The number of halogens is 3. The van der Waals surface area contributed by atoms with Crippen LogP contribution in [-0.2, 0) is 4.74 Å². The van der Waals surface area contributed by atoms with Crippen LogP contribution in [0.15, 0.2) is 12.3 Å². The fourth-order valence-electron chi connectivity index (χ4n) is 4.07. The zero-order valence-corrected chi connectivity index (χ0v) is 21.7. The quantitative estimate of drug-likeness (QED) is 0.498. The van der Waals surface area contributed by atoms with E-state index in [0.29, 0.717) is 30.9 Å². The molecule has 0 radical (unpaired) electrons. The maximum absolute atomic E-state index is 14.8. The van der Waals surface area contributed by atoms with Crippen LogP contribution in [0.25, 0.3) is 5.52 Å². The van der Waals surface area contributed by atoms with Crippen molar-refractivity contribution in [3.63, 3.8) is 0 Å². The van der Waals surface area contributed by atoms with Crippen LogP contribution in [-0.4, -0.2) is 58.3 Å². The van der Waals surface area contributed by atoms with Crippen molar-refractivity contribution in [1.82, 2.24) is 19.3 Å². The standard InChI is InChI=1S/C25H26ClF2N5O4/c1-25(2,3)37-24(34)32-9-8-13(12-32)23-31-15(21-22(29)30-11-18(26)33(21)23)7-6-14-19(27)16(35-4)10-17(36-5)20(14)28/h10-11,13H,8-9,12H2,1-5H3,(H2,29,30)/t13-/m0/s1. The van der Waals surface area contributed by atoms with Crippen LogP contribution in [0.3, 0.4) is 0 Å². The van der Waals surface area contributed by atoms with E-state index in [4.69, 9.17) is 31.5 Å². The van der Waals surface area contributed by atoms with E-state index in [9.17, 15) is 13.6 Å². The second kappa shape index (κ2) is 9.94.